The van der Waals surface area contributed by atoms with E-state index in [2.05, 4.69) is 14.7 Å². The molecule has 41 heavy (non-hydrogen) atoms. The van der Waals surface area contributed by atoms with Crippen molar-refractivity contribution in [1.82, 2.24) is 14.9 Å². The molecule has 1 saturated heterocycles. The van der Waals surface area contributed by atoms with Crippen molar-refractivity contribution in [3.63, 3.8) is 0 Å². The summed E-state index contributed by atoms with van der Waals surface area (Å²) in [6.07, 6.45) is 1.37. The Labute approximate surface area is 246 Å². The summed E-state index contributed by atoms with van der Waals surface area (Å²) in [6.45, 7) is 12.4. The molecule has 1 aliphatic heterocycles. The molecule has 222 valence electrons. The van der Waals surface area contributed by atoms with Crippen molar-refractivity contribution in [2.24, 2.45) is 5.73 Å². The van der Waals surface area contributed by atoms with Crippen LogP contribution in [-0.2, 0) is 23.7 Å². The van der Waals surface area contributed by atoms with Crippen LogP contribution in [0.15, 0.2) is 28.5 Å². The van der Waals surface area contributed by atoms with Crippen molar-refractivity contribution in [2.45, 2.75) is 71.9 Å². The zero-order chi connectivity index (χ0) is 30.7. The van der Waals surface area contributed by atoms with E-state index in [0.717, 1.165) is 17.4 Å². The van der Waals surface area contributed by atoms with E-state index in [1.54, 1.807) is 46.9 Å². The predicted octanol–water partition coefficient (Wildman–Crippen LogP) is 4.49. The Morgan fingerprint density at radius 3 is 2.39 bits per heavy atom. The number of amides is 1. The SMILES string of the molecule is CCOC(=O)C(/C=C/C(=O)c1nc(C(=O)OC)cs1)=C(\N)c1csc([C@@H]2[C@@H](C)OC(C)(C)N2C(=O)OC(C)(C)C)n1. The number of carbonyl (C=O) groups excluding carboxylic acids is 4. The molecule has 14 heteroatoms. The van der Waals surface area contributed by atoms with Crippen LogP contribution in [0.4, 0.5) is 4.79 Å². The first-order valence-electron chi connectivity index (χ1n) is 12.7. The highest BCUT2D eigenvalue weighted by Crippen LogP contribution is 2.43. The monoisotopic (exact) mass is 606 g/mol. The number of thiazole rings is 2. The van der Waals surface area contributed by atoms with Crippen molar-refractivity contribution in [1.29, 1.82) is 0 Å². The molecule has 0 saturated carbocycles. The molecule has 2 aromatic rings. The summed E-state index contributed by atoms with van der Waals surface area (Å²) in [7, 11) is 1.21. The lowest BCUT2D eigenvalue weighted by Gasteiger charge is -2.34. The molecule has 0 aromatic carbocycles. The van der Waals surface area contributed by atoms with Gasteiger partial charge in [-0.3, -0.25) is 9.69 Å². The summed E-state index contributed by atoms with van der Waals surface area (Å²) >= 11 is 2.20. The highest BCUT2D eigenvalue weighted by Gasteiger charge is 2.51. The molecule has 0 bridgehead atoms. The average Bonchev–Trinajstić information content (AvgIpc) is 3.59. The van der Waals surface area contributed by atoms with Crippen LogP contribution in [0.25, 0.3) is 5.70 Å². The molecular weight excluding hydrogens is 572 g/mol. The second-order valence-electron chi connectivity index (χ2n) is 10.4. The van der Waals surface area contributed by atoms with Gasteiger partial charge >= 0.3 is 18.0 Å². The van der Waals surface area contributed by atoms with Crippen molar-refractivity contribution >= 4 is 52.2 Å². The quantitative estimate of drug-likeness (QED) is 0.148. The lowest BCUT2D eigenvalue weighted by atomic mass is 10.1. The van der Waals surface area contributed by atoms with Gasteiger partial charge in [0.2, 0.25) is 5.78 Å². The van der Waals surface area contributed by atoms with E-state index in [0.29, 0.717) is 5.01 Å². The third-order valence-corrected chi connectivity index (χ3v) is 7.49. The largest absolute Gasteiger partial charge is 0.464 e. The Kier molecular flexibility index (Phi) is 9.72. The highest BCUT2D eigenvalue weighted by molar-refractivity contribution is 7.12. The minimum Gasteiger partial charge on any atom is -0.464 e. The molecule has 2 N–H and O–H groups in total. The number of nitrogens with zero attached hydrogens (tertiary/aromatic N) is 3. The molecule has 1 fully saturated rings. The second-order valence-corrected chi connectivity index (χ2v) is 12.2. The lowest BCUT2D eigenvalue weighted by molar-refractivity contribution is -0.138. The fourth-order valence-electron chi connectivity index (χ4n) is 4.05. The van der Waals surface area contributed by atoms with E-state index in [1.165, 1.54) is 34.8 Å². The maximum Gasteiger partial charge on any atom is 0.413 e. The molecule has 0 unspecified atom stereocenters. The summed E-state index contributed by atoms with van der Waals surface area (Å²) in [6, 6.07) is -0.580. The van der Waals surface area contributed by atoms with Crippen LogP contribution in [0.2, 0.25) is 0 Å². The van der Waals surface area contributed by atoms with Crippen LogP contribution in [0, 0.1) is 0 Å². The second kappa shape index (κ2) is 12.5. The maximum atomic E-state index is 13.2. The first-order valence-corrected chi connectivity index (χ1v) is 14.4. The van der Waals surface area contributed by atoms with Gasteiger partial charge in [0.1, 0.15) is 22.4 Å². The van der Waals surface area contributed by atoms with Crippen LogP contribution < -0.4 is 5.73 Å². The number of allylic oxidation sites excluding steroid dienone is 1. The smallest absolute Gasteiger partial charge is 0.413 e. The normalized spacial score (nSPS) is 19.2. The van der Waals surface area contributed by atoms with Gasteiger partial charge < -0.3 is 24.7 Å². The maximum absolute atomic E-state index is 13.2. The molecule has 2 aromatic heterocycles. The minimum absolute atomic E-state index is 0.00125. The van der Waals surface area contributed by atoms with Crippen molar-refractivity contribution in [2.75, 3.05) is 13.7 Å². The summed E-state index contributed by atoms with van der Waals surface area (Å²) in [4.78, 5) is 60.4. The van der Waals surface area contributed by atoms with Crippen LogP contribution in [-0.4, -0.2) is 69.8 Å². The molecular formula is C27H34N4O8S2. The molecule has 12 nitrogen and oxygen atoms in total. The van der Waals surface area contributed by atoms with Crippen LogP contribution >= 0.6 is 22.7 Å². The Balaban J connectivity index is 1.96. The van der Waals surface area contributed by atoms with E-state index in [-0.39, 0.29) is 34.3 Å². The topological polar surface area (TPSA) is 160 Å². The van der Waals surface area contributed by atoms with Crippen molar-refractivity contribution in [3.8, 4) is 0 Å². The van der Waals surface area contributed by atoms with E-state index in [4.69, 9.17) is 19.9 Å². The molecule has 1 aliphatic rings. The van der Waals surface area contributed by atoms with Gasteiger partial charge in [0.15, 0.2) is 10.7 Å². The van der Waals surface area contributed by atoms with E-state index in [9.17, 15) is 19.2 Å². The summed E-state index contributed by atoms with van der Waals surface area (Å²) in [5.74, 6) is -1.98. The predicted molar refractivity (Wildman–Crippen MR) is 152 cm³/mol. The summed E-state index contributed by atoms with van der Waals surface area (Å²) in [5.41, 5.74) is 4.83. The van der Waals surface area contributed by atoms with E-state index >= 15 is 0 Å². The summed E-state index contributed by atoms with van der Waals surface area (Å²) < 4.78 is 21.5. The number of hydrogen-bond donors (Lipinski definition) is 1. The zero-order valence-electron chi connectivity index (χ0n) is 24.2. The van der Waals surface area contributed by atoms with Crippen LogP contribution in [0.5, 0.6) is 0 Å². The van der Waals surface area contributed by atoms with Gasteiger partial charge in [0.25, 0.3) is 0 Å². The molecule has 3 heterocycles. The standard InChI is InChI=1S/C27H34N4O8S2/c1-9-37-23(33)15(10-11-18(32)21-30-17(13-40-21)24(34)36-8)19(28)16-12-41-22(29-16)20-14(2)38-27(6,7)31(20)25(35)39-26(3,4)5/h10-14,20H,9,28H2,1-8H3/b11-10+,19-15-/t14-,20+/m1/s1. The minimum atomic E-state index is -0.970. The van der Waals surface area contributed by atoms with Gasteiger partial charge in [-0.2, -0.15) is 0 Å². The van der Waals surface area contributed by atoms with Crippen LogP contribution in [0.3, 0.4) is 0 Å². The Bertz CT molecular complexity index is 1390. The Hall–Kier alpha value is -3.62. The van der Waals surface area contributed by atoms with Gasteiger partial charge in [-0.15, -0.1) is 22.7 Å². The highest BCUT2D eigenvalue weighted by atomic mass is 32.1. The lowest BCUT2D eigenvalue weighted by Crippen LogP contribution is -2.47. The van der Waals surface area contributed by atoms with Gasteiger partial charge in [0, 0.05) is 10.8 Å². The number of nitrogens with two attached hydrogens (primary N) is 1. The van der Waals surface area contributed by atoms with E-state index < -0.39 is 47.3 Å². The molecule has 3 rings (SSSR count). The van der Waals surface area contributed by atoms with Crippen molar-refractivity contribution < 1.29 is 38.1 Å². The number of esters is 2. The number of hydrogen-bond acceptors (Lipinski definition) is 13. The first kappa shape index (κ1) is 31.9. The number of ketones is 1. The van der Waals surface area contributed by atoms with Gasteiger partial charge in [-0.05, 0) is 60.6 Å². The third kappa shape index (κ3) is 7.37. The zero-order valence-corrected chi connectivity index (χ0v) is 25.8. The fraction of sp³-hybridized carbons (Fsp3) is 0.481. The average molecular weight is 607 g/mol. The van der Waals surface area contributed by atoms with Gasteiger partial charge in [-0.1, -0.05) is 0 Å². The van der Waals surface area contributed by atoms with Gasteiger partial charge in [0.05, 0.1) is 36.8 Å². The fourth-order valence-corrected chi connectivity index (χ4v) is 5.76. The summed E-state index contributed by atoms with van der Waals surface area (Å²) in [5, 5.41) is 3.59. The Morgan fingerprint density at radius 1 is 1.12 bits per heavy atom. The van der Waals surface area contributed by atoms with Gasteiger partial charge in [-0.25, -0.2) is 24.4 Å². The number of ether oxygens (including phenoxy) is 4. The molecule has 0 aliphatic carbocycles. The van der Waals surface area contributed by atoms with Crippen molar-refractivity contribution in [3.05, 3.63) is 49.9 Å². The molecule has 1 amide bonds. The number of aromatic nitrogens is 2. The Morgan fingerprint density at radius 2 is 1.78 bits per heavy atom. The van der Waals surface area contributed by atoms with E-state index in [1.807, 2.05) is 6.92 Å². The third-order valence-electron chi connectivity index (χ3n) is 5.71. The van der Waals surface area contributed by atoms with Crippen LogP contribution in [0.1, 0.15) is 85.5 Å². The number of carbonyl (C=O) groups is 4. The molecule has 2 atom stereocenters. The first-order chi connectivity index (χ1) is 19.1. The molecule has 0 radical (unpaired) electrons. The number of rotatable bonds is 8. The molecule has 0 spiro atoms. The number of methoxy groups -OCH3 is 1.